The Morgan fingerprint density at radius 2 is 1.68 bits per heavy atom. The summed E-state index contributed by atoms with van der Waals surface area (Å²) in [7, 11) is 2.94. The van der Waals surface area contributed by atoms with Crippen LogP contribution in [0.15, 0.2) is 35.7 Å². The van der Waals surface area contributed by atoms with Gasteiger partial charge in [-0.1, -0.05) is 6.07 Å². The highest BCUT2D eigenvalue weighted by Gasteiger charge is 2.45. The second-order valence-corrected chi connectivity index (χ2v) is 6.83. The normalized spacial score (nSPS) is 13.9. The lowest BCUT2D eigenvalue weighted by molar-refractivity contribution is -0.143. The number of anilines is 1. The molecule has 28 heavy (non-hydrogen) atoms. The molecule has 3 rings (SSSR count). The van der Waals surface area contributed by atoms with E-state index in [0.29, 0.717) is 22.1 Å². The van der Waals surface area contributed by atoms with Gasteiger partial charge in [-0.3, -0.25) is 19.3 Å². The number of hydrogen-bond acceptors (Lipinski definition) is 7. The van der Waals surface area contributed by atoms with Gasteiger partial charge in [0.15, 0.2) is 0 Å². The van der Waals surface area contributed by atoms with E-state index in [0.717, 1.165) is 9.78 Å². The lowest BCUT2D eigenvalue weighted by Crippen LogP contribution is -2.38. The van der Waals surface area contributed by atoms with Crippen LogP contribution in [0, 0.1) is 0 Å². The fourth-order valence-corrected chi connectivity index (χ4v) is 3.30. The Morgan fingerprint density at radius 3 is 2.25 bits per heavy atom. The third-order valence-corrected chi connectivity index (χ3v) is 4.83. The molecule has 146 valence electrons. The van der Waals surface area contributed by atoms with Crippen molar-refractivity contribution in [3.05, 3.63) is 40.6 Å². The third-order valence-electron chi connectivity index (χ3n) is 3.97. The monoisotopic (exact) mass is 403 g/mol. The number of nitrogens with one attached hydrogen (secondary N) is 1. The molecule has 1 aliphatic heterocycles. The summed E-state index contributed by atoms with van der Waals surface area (Å²) in [6.07, 6.45) is 0. The summed E-state index contributed by atoms with van der Waals surface area (Å²) < 4.78 is 10.2. The quantitative estimate of drug-likeness (QED) is 0.557. The first-order valence-electron chi connectivity index (χ1n) is 8.15. The highest BCUT2D eigenvalue weighted by atomic mass is 32.1. The van der Waals surface area contributed by atoms with Crippen LogP contribution >= 0.6 is 11.3 Å². The molecular weight excluding hydrogens is 386 g/mol. The third kappa shape index (κ3) is 3.96. The largest absolute Gasteiger partial charge is 0.497 e. The zero-order valence-corrected chi connectivity index (χ0v) is 15.9. The van der Waals surface area contributed by atoms with Crippen molar-refractivity contribution in [2.45, 2.75) is 6.54 Å². The van der Waals surface area contributed by atoms with E-state index in [4.69, 9.17) is 9.47 Å². The van der Waals surface area contributed by atoms with Gasteiger partial charge in [0.05, 0.1) is 20.8 Å². The number of methoxy groups -OCH3 is 2. The predicted octanol–water partition coefficient (Wildman–Crippen LogP) is 1.69. The number of rotatable bonds is 7. The maximum absolute atomic E-state index is 12.4. The number of nitrogens with zero attached hydrogens (tertiary/aromatic N) is 2. The topological polar surface area (TPSA) is 105 Å². The molecule has 1 aliphatic rings. The number of carbonyl (C=O) groups is 4. The fraction of sp³-hybridized carbons (Fsp3) is 0.222. The van der Waals surface area contributed by atoms with Crippen LogP contribution < -0.4 is 14.8 Å². The number of benzene rings is 1. The zero-order chi connectivity index (χ0) is 20.3. The van der Waals surface area contributed by atoms with Crippen LogP contribution in [0.25, 0.3) is 0 Å². The highest BCUT2D eigenvalue weighted by molar-refractivity contribution is 7.09. The zero-order valence-electron chi connectivity index (χ0n) is 15.1. The second-order valence-electron chi connectivity index (χ2n) is 5.79. The minimum atomic E-state index is -1.03. The first kappa shape index (κ1) is 19.4. The summed E-state index contributed by atoms with van der Waals surface area (Å²) in [5.74, 6) is -1.70. The standard InChI is InChI=1S/C18H17N3O6S/c1-26-12-6-11(7-13(8-12)27-2)19-15(22)10-21-17(24)16(23)20(18(21)25)9-14-4-3-5-28-14/h3-8H,9-10H2,1-2H3,(H,19,22). The van der Waals surface area contributed by atoms with E-state index in [9.17, 15) is 19.2 Å². The first-order valence-corrected chi connectivity index (χ1v) is 9.03. The highest BCUT2D eigenvalue weighted by Crippen LogP contribution is 2.26. The summed E-state index contributed by atoms with van der Waals surface area (Å²) in [5, 5.41) is 4.36. The number of urea groups is 1. The van der Waals surface area contributed by atoms with Gasteiger partial charge < -0.3 is 14.8 Å². The van der Waals surface area contributed by atoms with Crippen LogP contribution in [-0.4, -0.2) is 54.3 Å². The van der Waals surface area contributed by atoms with Gasteiger partial charge in [-0.2, -0.15) is 0 Å². The van der Waals surface area contributed by atoms with Crippen molar-refractivity contribution in [1.82, 2.24) is 9.80 Å². The molecule has 0 radical (unpaired) electrons. The van der Waals surface area contributed by atoms with Crippen molar-refractivity contribution in [2.24, 2.45) is 0 Å². The SMILES string of the molecule is COc1cc(NC(=O)CN2C(=O)C(=O)N(Cc3cccs3)C2=O)cc(OC)c1. The average Bonchev–Trinajstić information content (AvgIpc) is 3.27. The van der Waals surface area contributed by atoms with Crippen LogP contribution in [0.4, 0.5) is 10.5 Å². The molecule has 5 amide bonds. The molecule has 1 aromatic carbocycles. The molecule has 2 aromatic rings. The Balaban J connectivity index is 1.69. The van der Waals surface area contributed by atoms with E-state index in [1.807, 2.05) is 0 Å². The Hall–Kier alpha value is -3.40. The summed E-state index contributed by atoms with van der Waals surface area (Å²) in [4.78, 5) is 51.2. The first-order chi connectivity index (χ1) is 13.4. The van der Waals surface area contributed by atoms with Crippen LogP contribution in [0.5, 0.6) is 11.5 Å². The minimum absolute atomic E-state index is 0.00766. The van der Waals surface area contributed by atoms with Gasteiger partial charge in [-0.25, -0.2) is 9.69 Å². The molecule has 0 spiro atoms. The maximum atomic E-state index is 12.4. The Labute approximate surface area is 164 Å². The molecule has 0 aliphatic carbocycles. The van der Waals surface area contributed by atoms with Crippen molar-refractivity contribution in [3.63, 3.8) is 0 Å². The van der Waals surface area contributed by atoms with Crippen LogP contribution in [-0.2, 0) is 20.9 Å². The van der Waals surface area contributed by atoms with Crippen LogP contribution in [0.1, 0.15) is 4.88 Å². The summed E-state index contributed by atoms with van der Waals surface area (Å²) in [5.41, 5.74) is 0.363. The van der Waals surface area contributed by atoms with Crippen LogP contribution in [0.2, 0.25) is 0 Å². The molecule has 1 N–H and O–H groups in total. The average molecular weight is 403 g/mol. The minimum Gasteiger partial charge on any atom is -0.497 e. The number of carbonyl (C=O) groups excluding carboxylic acids is 4. The molecule has 0 saturated carbocycles. The maximum Gasteiger partial charge on any atom is 0.335 e. The van der Waals surface area contributed by atoms with E-state index in [1.165, 1.54) is 25.6 Å². The molecule has 2 heterocycles. The van der Waals surface area contributed by atoms with Gasteiger partial charge in [0.25, 0.3) is 0 Å². The second kappa shape index (κ2) is 8.09. The number of ether oxygens (including phenoxy) is 2. The molecule has 0 bridgehead atoms. The van der Waals surface area contributed by atoms with Crippen molar-refractivity contribution < 1.29 is 28.7 Å². The summed E-state index contributed by atoms with van der Waals surface area (Å²) >= 11 is 1.36. The predicted molar refractivity (Wildman–Crippen MR) is 100 cm³/mol. The van der Waals surface area contributed by atoms with Crippen molar-refractivity contribution >= 4 is 40.8 Å². The Morgan fingerprint density at radius 1 is 1.04 bits per heavy atom. The van der Waals surface area contributed by atoms with E-state index in [2.05, 4.69) is 5.32 Å². The van der Waals surface area contributed by atoms with Crippen LogP contribution in [0.3, 0.4) is 0 Å². The Kier molecular flexibility index (Phi) is 5.59. The molecule has 1 fully saturated rings. The van der Waals surface area contributed by atoms with E-state index in [1.54, 1.807) is 35.7 Å². The van der Waals surface area contributed by atoms with E-state index < -0.39 is 30.3 Å². The van der Waals surface area contributed by atoms with Gasteiger partial charge in [-0.05, 0) is 11.4 Å². The van der Waals surface area contributed by atoms with Gasteiger partial charge in [-0.15, -0.1) is 11.3 Å². The smallest absolute Gasteiger partial charge is 0.335 e. The van der Waals surface area contributed by atoms with Gasteiger partial charge >= 0.3 is 17.8 Å². The lowest BCUT2D eigenvalue weighted by Gasteiger charge is -2.15. The van der Waals surface area contributed by atoms with Crippen molar-refractivity contribution in [2.75, 3.05) is 26.1 Å². The van der Waals surface area contributed by atoms with Crippen molar-refractivity contribution in [3.8, 4) is 11.5 Å². The molecule has 0 unspecified atom stereocenters. The molecule has 0 atom stereocenters. The summed E-state index contributed by atoms with van der Waals surface area (Å²) in [6.45, 7) is -0.587. The van der Waals surface area contributed by atoms with E-state index >= 15 is 0 Å². The van der Waals surface area contributed by atoms with Gasteiger partial charge in [0.1, 0.15) is 18.0 Å². The van der Waals surface area contributed by atoms with Crippen molar-refractivity contribution in [1.29, 1.82) is 0 Å². The summed E-state index contributed by atoms with van der Waals surface area (Å²) in [6, 6.07) is 7.46. The lowest BCUT2D eigenvalue weighted by atomic mass is 10.2. The van der Waals surface area contributed by atoms with Gasteiger partial charge in [0.2, 0.25) is 5.91 Å². The van der Waals surface area contributed by atoms with Gasteiger partial charge in [0, 0.05) is 28.8 Å². The molecule has 9 nitrogen and oxygen atoms in total. The Bertz CT molecular complexity index is 905. The van der Waals surface area contributed by atoms with E-state index in [-0.39, 0.29) is 6.54 Å². The number of hydrogen-bond donors (Lipinski definition) is 1. The molecule has 1 aromatic heterocycles. The number of thiophene rings is 1. The number of amides is 5. The molecular formula is C18H17N3O6S. The molecule has 10 heteroatoms. The molecule has 1 saturated heterocycles. The number of imide groups is 2. The fourth-order valence-electron chi connectivity index (χ4n) is 2.61.